The van der Waals surface area contributed by atoms with E-state index in [4.69, 9.17) is 4.74 Å². The van der Waals surface area contributed by atoms with Crippen molar-refractivity contribution >= 4 is 11.3 Å². The van der Waals surface area contributed by atoms with E-state index in [9.17, 15) is 0 Å². The molecule has 1 heterocycles. The van der Waals surface area contributed by atoms with Gasteiger partial charge in [-0.05, 0) is 53.3 Å². The monoisotopic (exact) mass is 288 g/mol. The Morgan fingerprint density at radius 2 is 1.95 bits per heavy atom. The van der Waals surface area contributed by atoms with Gasteiger partial charge in [-0.1, -0.05) is 6.08 Å². The predicted octanol–water partition coefficient (Wildman–Crippen LogP) is 3.82. The van der Waals surface area contributed by atoms with Gasteiger partial charge in [0.05, 0.1) is 12.6 Å². The van der Waals surface area contributed by atoms with Crippen LogP contribution in [0.1, 0.15) is 45.7 Å². The highest BCUT2D eigenvalue weighted by molar-refractivity contribution is 5.83. The van der Waals surface area contributed by atoms with Gasteiger partial charge < -0.3 is 15.0 Å². The number of fused-ring (bicyclic) bond motifs is 1. The molecule has 0 bridgehead atoms. The van der Waals surface area contributed by atoms with E-state index in [-0.39, 0.29) is 5.54 Å². The lowest BCUT2D eigenvalue weighted by molar-refractivity contribution is 0.407. The summed E-state index contributed by atoms with van der Waals surface area (Å²) >= 11 is 0. The zero-order chi connectivity index (χ0) is 15.8. The highest BCUT2D eigenvalue weighted by Gasteiger charge is 2.33. The number of anilines is 1. The largest absolute Gasteiger partial charge is 0.496 e. The van der Waals surface area contributed by atoms with Gasteiger partial charge in [-0.3, -0.25) is 0 Å². The summed E-state index contributed by atoms with van der Waals surface area (Å²) in [6.07, 6.45) is 2.37. The molecule has 1 aromatic carbocycles. The second-order valence-corrected chi connectivity index (χ2v) is 6.66. The van der Waals surface area contributed by atoms with Crippen LogP contribution in [-0.4, -0.2) is 25.7 Å². The molecule has 0 spiro atoms. The van der Waals surface area contributed by atoms with Gasteiger partial charge in [-0.25, -0.2) is 0 Å². The molecular weight excluding hydrogens is 260 g/mol. The van der Waals surface area contributed by atoms with Crippen LogP contribution < -0.4 is 15.0 Å². The Labute approximate surface area is 129 Å². The fraction of sp³-hybridized carbons (Fsp3) is 0.556. The van der Waals surface area contributed by atoms with Gasteiger partial charge in [0.2, 0.25) is 0 Å². The van der Waals surface area contributed by atoms with Crippen molar-refractivity contribution in [2.24, 2.45) is 0 Å². The van der Waals surface area contributed by atoms with E-state index >= 15 is 0 Å². The maximum Gasteiger partial charge on any atom is 0.125 e. The number of nitrogens with zero attached hydrogens (tertiary/aromatic N) is 1. The van der Waals surface area contributed by atoms with Gasteiger partial charge in [0.25, 0.3) is 0 Å². The maximum absolute atomic E-state index is 5.61. The van der Waals surface area contributed by atoms with Gasteiger partial charge >= 0.3 is 0 Å². The zero-order valence-corrected chi connectivity index (χ0v) is 14.4. The number of methoxy groups -OCH3 is 1. The molecule has 116 valence electrons. The van der Waals surface area contributed by atoms with Crippen molar-refractivity contribution in [3.05, 3.63) is 29.3 Å². The molecule has 0 unspecified atom stereocenters. The number of allylic oxidation sites excluding steroid dienone is 1. The fourth-order valence-corrected chi connectivity index (χ4v) is 3.58. The molecule has 1 aromatic rings. The first-order chi connectivity index (χ1) is 9.81. The summed E-state index contributed by atoms with van der Waals surface area (Å²) in [4.78, 5) is 2.47. The number of hydrogen-bond donors (Lipinski definition) is 1. The Kier molecular flexibility index (Phi) is 4.33. The molecule has 0 saturated carbocycles. The zero-order valence-electron chi connectivity index (χ0n) is 14.4. The first-order valence-corrected chi connectivity index (χ1v) is 7.66. The topological polar surface area (TPSA) is 24.5 Å². The van der Waals surface area contributed by atoms with Crippen LogP contribution >= 0.6 is 0 Å². The van der Waals surface area contributed by atoms with Gasteiger partial charge in [0, 0.05) is 35.5 Å². The average molecular weight is 288 g/mol. The molecule has 2 rings (SSSR count). The van der Waals surface area contributed by atoms with Gasteiger partial charge in [-0.15, -0.1) is 0 Å². The van der Waals surface area contributed by atoms with Crippen molar-refractivity contribution in [3.8, 4) is 5.75 Å². The van der Waals surface area contributed by atoms with E-state index in [0.717, 1.165) is 12.3 Å². The van der Waals surface area contributed by atoms with Gasteiger partial charge in [-0.2, -0.15) is 0 Å². The summed E-state index contributed by atoms with van der Waals surface area (Å²) in [5, 5.41) is 3.22. The maximum atomic E-state index is 5.61. The summed E-state index contributed by atoms with van der Waals surface area (Å²) in [5.41, 5.74) is 5.14. The molecule has 3 heteroatoms. The number of rotatable bonds is 4. The molecule has 3 nitrogen and oxygen atoms in total. The first-order valence-electron chi connectivity index (χ1n) is 7.66. The highest BCUT2D eigenvalue weighted by Crippen LogP contribution is 2.43. The van der Waals surface area contributed by atoms with Crippen LogP contribution in [0.2, 0.25) is 0 Å². The normalized spacial score (nSPS) is 16.8. The fourth-order valence-electron chi connectivity index (χ4n) is 3.58. The smallest absolute Gasteiger partial charge is 0.125 e. The third kappa shape index (κ3) is 2.80. The minimum absolute atomic E-state index is 0.0147. The van der Waals surface area contributed by atoms with Crippen molar-refractivity contribution in [3.63, 3.8) is 0 Å². The molecular formula is C18H28N2O. The third-order valence-corrected chi connectivity index (χ3v) is 4.16. The third-order valence-electron chi connectivity index (χ3n) is 4.16. The van der Waals surface area contributed by atoms with Crippen LogP contribution in [0.3, 0.4) is 0 Å². The molecule has 0 saturated heterocycles. The Hall–Kier alpha value is -1.48. The Morgan fingerprint density at radius 1 is 1.29 bits per heavy atom. The van der Waals surface area contributed by atoms with Crippen molar-refractivity contribution in [2.75, 3.05) is 19.1 Å². The molecule has 1 aliphatic heterocycles. The van der Waals surface area contributed by atoms with Crippen LogP contribution in [0.25, 0.3) is 5.57 Å². The summed E-state index contributed by atoms with van der Waals surface area (Å²) < 4.78 is 5.61. The SMILES string of the molecule is CNCc1cc2c(cc1OC)N(C(C)C)C(C)(C)C=C2C. The molecule has 1 N–H and O–H groups in total. The molecule has 1 aliphatic rings. The molecule has 21 heavy (non-hydrogen) atoms. The van der Waals surface area contributed by atoms with Gasteiger partial charge in [0.15, 0.2) is 0 Å². The van der Waals surface area contributed by atoms with E-state index < -0.39 is 0 Å². The number of benzene rings is 1. The minimum Gasteiger partial charge on any atom is -0.496 e. The lowest BCUT2D eigenvalue weighted by Gasteiger charge is -2.46. The number of ether oxygens (including phenoxy) is 1. The highest BCUT2D eigenvalue weighted by atomic mass is 16.5. The number of nitrogens with one attached hydrogen (secondary N) is 1. The van der Waals surface area contributed by atoms with E-state index in [1.807, 2.05) is 7.05 Å². The Morgan fingerprint density at radius 3 is 2.48 bits per heavy atom. The van der Waals surface area contributed by atoms with Crippen LogP contribution in [0, 0.1) is 0 Å². The number of hydrogen-bond acceptors (Lipinski definition) is 3. The Balaban J connectivity index is 2.66. The van der Waals surface area contributed by atoms with Crippen molar-refractivity contribution in [2.45, 2.75) is 52.7 Å². The summed E-state index contributed by atoms with van der Waals surface area (Å²) in [6.45, 7) is 12.0. The van der Waals surface area contributed by atoms with E-state index in [1.165, 1.54) is 22.4 Å². The minimum atomic E-state index is 0.0147. The average Bonchev–Trinajstić information content (AvgIpc) is 2.37. The lowest BCUT2D eigenvalue weighted by atomic mass is 9.86. The van der Waals surface area contributed by atoms with E-state index in [0.29, 0.717) is 6.04 Å². The predicted molar refractivity (Wildman–Crippen MR) is 91.1 cm³/mol. The molecule has 0 fully saturated rings. The second-order valence-electron chi connectivity index (χ2n) is 6.66. The summed E-state index contributed by atoms with van der Waals surface area (Å²) in [6, 6.07) is 4.89. The second kappa shape index (κ2) is 5.72. The lowest BCUT2D eigenvalue weighted by Crippen LogP contribution is -2.49. The van der Waals surface area contributed by atoms with E-state index in [2.05, 4.69) is 63.0 Å². The van der Waals surface area contributed by atoms with Crippen LogP contribution in [-0.2, 0) is 6.54 Å². The van der Waals surface area contributed by atoms with Crippen molar-refractivity contribution in [1.29, 1.82) is 0 Å². The van der Waals surface area contributed by atoms with Crippen LogP contribution in [0.15, 0.2) is 18.2 Å². The van der Waals surface area contributed by atoms with Crippen LogP contribution in [0.4, 0.5) is 5.69 Å². The van der Waals surface area contributed by atoms with Crippen LogP contribution in [0.5, 0.6) is 5.75 Å². The van der Waals surface area contributed by atoms with Crippen molar-refractivity contribution < 1.29 is 4.74 Å². The molecule has 0 radical (unpaired) electrons. The standard InChI is InChI=1S/C18H28N2O/c1-12(2)20-16-9-17(21-7)14(11-19-6)8-15(16)13(3)10-18(20,4)5/h8-10,12,19H,11H2,1-7H3. The quantitative estimate of drug-likeness (QED) is 0.911. The Bertz CT molecular complexity index is 559. The van der Waals surface area contributed by atoms with Crippen molar-refractivity contribution in [1.82, 2.24) is 5.32 Å². The molecule has 0 atom stereocenters. The first kappa shape index (κ1) is 15.9. The van der Waals surface area contributed by atoms with Gasteiger partial charge in [0.1, 0.15) is 5.75 Å². The molecule has 0 aromatic heterocycles. The summed E-state index contributed by atoms with van der Waals surface area (Å²) in [5.74, 6) is 0.958. The summed E-state index contributed by atoms with van der Waals surface area (Å²) in [7, 11) is 3.71. The molecule has 0 aliphatic carbocycles. The van der Waals surface area contributed by atoms with E-state index in [1.54, 1.807) is 7.11 Å². The molecule has 0 amide bonds.